The summed E-state index contributed by atoms with van der Waals surface area (Å²) in [4.78, 5) is 6.84. The van der Waals surface area contributed by atoms with Gasteiger partial charge in [0.05, 0.1) is 12.3 Å². The van der Waals surface area contributed by atoms with E-state index in [4.69, 9.17) is 4.74 Å². The van der Waals surface area contributed by atoms with Crippen molar-refractivity contribution in [2.45, 2.75) is 39.4 Å². The molecule has 1 unspecified atom stereocenters. The fourth-order valence-corrected chi connectivity index (χ4v) is 1.98. The quantitative estimate of drug-likeness (QED) is 0.778. The first-order valence-corrected chi connectivity index (χ1v) is 6.88. The zero-order valence-corrected chi connectivity index (χ0v) is 12.8. The predicted octanol–water partition coefficient (Wildman–Crippen LogP) is 1.83. The molecule has 0 radical (unpaired) electrons. The molecule has 0 aliphatic rings. The fraction of sp³-hybridized carbons (Fsp3) is 0.667. The van der Waals surface area contributed by atoms with Gasteiger partial charge in [-0.1, -0.05) is 19.9 Å². The molecule has 0 aliphatic carbocycles. The van der Waals surface area contributed by atoms with Gasteiger partial charge in [-0.25, -0.2) is 0 Å². The number of aromatic nitrogens is 1. The van der Waals surface area contributed by atoms with Crippen molar-refractivity contribution in [2.24, 2.45) is 0 Å². The highest BCUT2D eigenvalue weighted by Crippen LogP contribution is 2.05. The second kappa shape index (κ2) is 8.25. The third kappa shape index (κ3) is 6.14. The molecule has 1 rings (SSSR count). The third-order valence-corrected chi connectivity index (χ3v) is 3.10. The van der Waals surface area contributed by atoms with E-state index in [0.29, 0.717) is 12.1 Å². The van der Waals surface area contributed by atoms with E-state index in [0.717, 1.165) is 31.1 Å². The van der Waals surface area contributed by atoms with E-state index in [1.807, 2.05) is 13.0 Å². The normalized spacial score (nSPS) is 13.2. The summed E-state index contributed by atoms with van der Waals surface area (Å²) in [6.07, 6.45) is 0. The predicted molar refractivity (Wildman–Crippen MR) is 79.2 cm³/mol. The van der Waals surface area contributed by atoms with Gasteiger partial charge in [-0.3, -0.25) is 9.88 Å². The largest absolute Gasteiger partial charge is 0.383 e. The zero-order valence-electron chi connectivity index (χ0n) is 12.8. The van der Waals surface area contributed by atoms with Crippen LogP contribution in [0, 0.1) is 6.92 Å². The molecular formula is C15H27N3O. The van der Waals surface area contributed by atoms with Gasteiger partial charge in [0.25, 0.3) is 0 Å². The van der Waals surface area contributed by atoms with Crippen LogP contribution < -0.4 is 5.32 Å². The minimum atomic E-state index is 0.356. The first-order chi connectivity index (χ1) is 9.02. The van der Waals surface area contributed by atoms with Crippen LogP contribution in [0.1, 0.15) is 25.2 Å². The molecule has 1 aromatic rings. The monoisotopic (exact) mass is 265 g/mol. The van der Waals surface area contributed by atoms with E-state index in [-0.39, 0.29) is 0 Å². The Morgan fingerprint density at radius 3 is 2.68 bits per heavy atom. The molecule has 0 fully saturated rings. The molecule has 1 aromatic heterocycles. The van der Waals surface area contributed by atoms with Gasteiger partial charge >= 0.3 is 0 Å². The molecule has 0 bridgehead atoms. The van der Waals surface area contributed by atoms with E-state index in [2.05, 4.69) is 48.2 Å². The molecule has 1 atom stereocenters. The molecule has 0 aromatic carbocycles. The summed E-state index contributed by atoms with van der Waals surface area (Å²) < 4.78 is 5.32. The second-order valence-corrected chi connectivity index (χ2v) is 5.36. The molecule has 0 saturated carbocycles. The summed E-state index contributed by atoms with van der Waals surface area (Å²) in [5, 5.41) is 3.47. The van der Waals surface area contributed by atoms with Crippen LogP contribution in [0.3, 0.4) is 0 Å². The average Bonchev–Trinajstić information content (AvgIpc) is 2.34. The van der Waals surface area contributed by atoms with Crippen molar-refractivity contribution in [1.82, 2.24) is 15.2 Å². The topological polar surface area (TPSA) is 37.4 Å². The van der Waals surface area contributed by atoms with Crippen molar-refractivity contribution in [3.8, 4) is 0 Å². The van der Waals surface area contributed by atoms with E-state index < -0.39 is 0 Å². The van der Waals surface area contributed by atoms with Crippen LogP contribution in [0.15, 0.2) is 18.2 Å². The molecule has 0 spiro atoms. The summed E-state index contributed by atoms with van der Waals surface area (Å²) in [6.45, 7) is 8.83. The molecule has 0 saturated heterocycles. The first kappa shape index (κ1) is 16.1. The molecule has 4 heteroatoms. The summed E-state index contributed by atoms with van der Waals surface area (Å²) in [5.74, 6) is 0. The van der Waals surface area contributed by atoms with Crippen LogP contribution in [0.2, 0.25) is 0 Å². The lowest BCUT2D eigenvalue weighted by atomic mass is 10.2. The Labute approximate surface area is 117 Å². The van der Waals surface area contributed by atoms with E-state index in [1.54, 1.807) is 7.11 Å². The Morgan fingerprint density at radius 1 is 1.37 bits per heavy atom. The van der Waals surface area contributed by atoms with Crippen LogP contribution in [0.25, 0.3) is 0 Å². The number of nitrogens with one attached hydrogen (secondary N) is 1. The molecule has 0 aliphatic heterocycles. The van der Waals surface area contributed by atoms with Crippen molar-refractivity contribution in [3.63, 3.8) is 0 Å². The molecular weight excluding hydrogens is 238 g/mol. The number of pyridine rings is 1. The third-order valence-electron chi connectivity index (χ3n) is 3.10. The number of aryl methyl sites for hydroxylation is 1. The molecule has 0 amide bonds. The smallest absolute Gasteiger partial charge is 0.0630 e. The maximum absolute atomic E-state index is 5.32. The van der Waals surface area contributed by atoms with Gasteiger partial charge in [-0.2, -0.15) is 0 Å². The number of methoxy groups -OCH3 is 1. The van der Waals surface area contributed by atoms with Gasteiger partial charge in [-0.15, -0.1) is 0 Å². The van der Waals surface area contributed by atoms with Gasteiger partial charge in [0.1, 0.15) is 0 Å². The summed E-state index contributed by atoms with van der Waals surface area (Å²) >= 11 is 0. The van der Waals surface area contributed by atoms with Crippen LogP contribution in [-0.2, 0) is 11.3 Å². The second-order valence-electron chi connectivity index (χ2n) is 5.36. The fourth-order valence-electron chi connectivity index (χ4n) is 1.98. The van der Waals surface area contributed by atoms with Gasteiger partial charge in [0, 0.05) is 38.0 Å². The van der Waals surface area contributed by atoms with Gasteiger partial charge < -0.3 is 10.1 Å². The molecule has 19 heavy (non-hydrogen) atoms. The average molecular weight is 265 g/mol. The Morgan fingerprint density at radius 2 is 2.11 bits per heavy atom. The van der Waals surface area contributed by atoms with Gasteiger partial charge in [0.2, 0.25) is 0 Å². The van der Waals surface area contributed by atoms with E-state index in [1.165, 1.54) is 0 Å². The number of nitrogens with zero attached hydrogens (tertiary/aromatic N) is 2. The number of rotatable bonds is 8. The first-order valence-electron chi connectivity index (χ1n) is 6.88. The van der Waals surface area contributed by atoms with Crippen molar-refractivity contribution in [2.75, 3.05) is 27.3 Å². The van der Waals surface area contributed by atoms with E-state index in [9.17, 15) is 0 Å². The van der Waals surface area contributed by atoms with Crippen LogP contribution >= 0.6 is 0 Å². The minimum Gasteiger partial charge on any atom is -0.383 e. The molecule has 108 valence electrons. The Balaban J connectivity index is 2.57. The number of hydrogen-bond donors (Lipinski definition) is 1. The number of hydrogen-bond acceptors (Lipinski definition) is 4. The highest BCUT2D eigenvalue weighted by atomic mass is 16.5. The summed E-state index contributed by atoms with van der Waals surface area (Å²) in [6, 6.07) is 7.00. The van der Waals surface area contributed by atoms with Crippen molar-refractivity contribution in [3.05, 3.63) is 29.6 Å². The van der Waals surface area contributed by atoms with Crippen LogP contribution in [0.4, 0.5) is 0 Å². The number of ether oxygens (including phenoxy) is 1. The van der Waals surface area contributed by atoms with Gasteiger partial charge in [0.15, 0.2) is 0 Å². The summed E-state index contributed by atoms with van der Waals surface area (Å²) in [7, 11) is 3.87. The van der Waals surface area contributed by atoms with Crippen LogP contribution in [0.5, 0.6) is 0 Å². The SMILES string of the molecule is COCC(CNC(C)C)N(C)Cc1cccc(C)n1. The Kier molecular flexibility index (Phi) is 6.99. The Bertz CT molecular complexity index is 368. The summed E-state index contributed by atoms with van der Waals surface area (Å²) in [5.41, 5.74) is 2.17. The highest BCUT2D eigenvalue weighted by Gasteiger charge is 2.15. The number of likely N-dealkylation sites (N-methyl/N-ethyl adjacent to an activating group) is 1. The van der Waals surface area contributed by atoms with Crippen LogP contribution in [-0.4, -0.2) is 49.3 Å². The standard InChI is InChI=1S/C15H27N3O/c1-12(2)16-9-15(11-19-5)18(4)10-14-8-6-7-13(3)17-14/h6-8,12,15-16H,9-11H2,1-5H3. The van der Waals surface area contributed by atoms with Crippen molar-refractivity contribution in [1.29, 1.82) is 0 Å². The molecule has 4 nitrogen and oxygen atoms in total. The lowest BCUT2D eigenvalue weighted by molar-refractivity contribution is 0.0994. The molecule has 1 heterocycles. The highest BCUT2D eigenvalue weighted by molar-refractivity contribution is 5.09. The van der Waals surface area contributed by atoms with Crippen molar-refractivity contribution >= 4 is 0 Å². The Hall–Kier alpha value is -0.970. The zero-order chi connectivity index (χ0) is 14.3. The lowest BCUT2D eigenvalue weighted by Gasteiger charge is -2.28. The van der Waals surface area contributed by atoms with E-state index >= 15 is 0 Å². The lowest BCUT2D eigenvalue weighted by Crippen LogP contribution is -2.44. The molecule has 1 N–H and O–H groups in total. The van der Waals surface area contributed by atoms with Gasteiger partial charge in [-0.05, 0) is 26.1 Å². The maximum Gasteiger partial charge on any atom is 0.0630 e. The van der Waals surface area contributed by atoms with Crippen molar-refractivity contribution < 1.29 is 4.74 Å². The minimum absolute atomic E-state index is 0.356. The maximum atomic E-state index is 5.32.